The van der Waals surface area contributed by atoms with E-state index in [1.807, 2.05) is 0 Å². The van der Waals surface area contributed by atoms with E-state index in [0.29, 0.717) is 5.56 Å². The molecule has 22 heavy (non-hydrogen) atoms. The van der Waals surface area contributed by atoms with E-state index in [1.165, 1.54) is 12.1 Å². The number of halogens is 3. The molecule has 0 amide bonds. The molecule has 0 saturated heterocycles. The van der Waals surface area contributed by atoms with E-state index in [9.17, 15) is 18.0 Å². The van der Waals surface area contributed by atoms with E-state index in [4.69, 9.17) is 5.11 Å². The Labute approximate surface area is 122 Å². The Morgan fingerprint density at radius 1 is 1.27 bits per heavy atom. The summed E-state index contributed by atoms with van der Waals surface area (Å²) >= 11 is 0. The van der Waals surface area contributed by atoms with Gasteiger partial charge in [0.15, 0.2) is 5.69 Å². The molecule has 9 heteroatoms. The molecule has 2 rings (SSSR count). The quantitative estimate of drug-likeness (QED) is 0.902. The van der Waals surface area contributed by atoms with Crippen LogP contribution in [0.3, 0.4) is 0 Å². The number of carboxylic acids is 1. The van der Waals surface area contributed by atoms with Crippen LogP contribution < -0.4 is 10.1 Å². The smallest absolute Gasteiger partial charge is 0.477 e. The molecule has 0 aliphatic carbocycles. The third kappa shape index (κ3) is 4.08. The van der Waals surface area contributed by atoms with Gasteiger partial charge in [-0.25, -0.2) is 14.8 Å². The zero-order chi connectivity index (χ0) is 16.3. The lowest BCUT2D eigenvalue weighted by atomic mass is 10.2. The fourth-order valence-electron chi connectivity index (χ4n) is 1.62. The van der Waals surface area contributed by atoms with Gasteiger partial charge in [0, 0.05) is 12.3 Å². The average Bonchev–Trinajstić information content (AvgIpc) is 2.39. The molecule has 0 bridgehead atoms. The van der Waals surface area contributed by atoms with Gasteiger partial charge in [-0.3, -0.25) is 0 Å². The first-order valence-electron chi connectivity index (χ1n) is 5.94. The molecule has 0 aliphatic rings. The van der Waals surface area contributed by atoms with E-state index < -0.39 is 18.1 Å². The van der Waals surface area contributed by atoms with Gasteiger partial charge >= 0.3 is 12.3 Å². The Morgan fingerprint density at radius 3 is 2.64 bits per heavy atom. The number of aromatic nitrogens is 2. The van der Waals surface area contributed by atoms with Gasteiger partial charge in [-0.2, -0.15) is 0 Å². The highest BCUT2D eigenvalue weighted by Crippen LogP contribution is 2.25. The standard InChI is InChI=1S/C13H10F3N3O3/c1-7-2-3-9(19-11(7)12(20)21)18-10-6-8(4-5-17-10)22-13(14,15)16/h2-6H,1H3,(H,20,21)(H,17,18,19). The molecule has 2 aromatic heterocycles. The van der Waals surface area contributed by atoms with Crippen molar-refractivity contribution in [3.05, 3.63) is 41.7 Å². The van der Waals surface area contributed by atoms with Gasteiger partial charge in [0.2, 0.25) is 0 Å². The number of hydrogen-bond donors (Lipinski definition) is 2. The van der Waals surface area contributed by atoms with Gasteiger partial charge in [0.05, 0.1) is 0 Å². The lowest BCUT2D eigenvalue weighted by Gasteiger charge is -2.11. The number of rotatable bonds is 4. The first-order chi connectivity index (χ1) is 10.2. The second kappa shape index (κ2) is 5.88. The fourth-order valence-corrected chi connectivity index (χ4v) is 1.62. The van der Waals surface area contributed by atoms with Crippen LogP contribution in [0.1, 0.15) is 16.1 Å². The van der Waals surface area contributed by atoms with Crippen molar-refractivity contribution in [2.45, 2.75) is 13.3 Å². The summed E-state index contributed by atoms with van der Waals surface area (Å²) in [6.45, 7) is 1.58. The van der Waals surface area contributed by atoms with E-state index in [-0.39, 0.29) is 17.3 Å². The normalized spacial score (nSPS) is 11.1. The number of carbonyl (C=O) groups is 1. The van der Waals surface area contributed by atoms with Crippen molar-refractivity contribution in [1.82, 2.24) is 9.97 Å². The monoisotopic (exact) mass is 313 g/mol. The number of carboxylic acid groups (broad SMARTS) is 1. The molecule has 0 aromatic carbocycles. The first-order valence-corrected chi connectivity index (χ1v) is 5.94. The molecule has 6 nitrogen and oxygen atoms in total. The predicted molar refractivity (Wildman–Crippen MR) is 70.1 cm³/mol. The predicted octanol–water partition coefficient (Wildman–Crippen LogP) is 3.13. The lowest BCUT2D eigenvalue weighted by molar-refractivity contribution is -0.274. The van der Waals surface area contributed by atoms with Gasteiger partial charge in [-0.05, 0) is 24.6 Å². The van der Waals surface area contributed by atoms with Gasteiger partial charge in [-0.1, -0.05) is 6.07 Å². The second-order valence-corrected chi connectivity index (χ2v) is 4.22. The fraction of sp³-hybridized carbons (Fsp3) is 0.154. The molecule has 0 unspecified atom stereocenters. The minimum Gasteiger partial charge on any atom is -0.477 e. The summed E-state index contributed by atoms with van der Waals surface area (Å²) in [4.78, 5) is 18.7. The summed E-state index contributed by atoms with van der Waals surface area (Å²) in [6, 6.07) is 5.08. The van der Waals surface area contributed by atoms with Gasteiger partial charge in [0.1, 0.15) is 17.4 Å². The van der Waals surface area contributed by atoms with Gasteiger partial charge < -0.3 is 15.2 Å². The second-order valence-electron chi connectivity index (χ2n) is 4.22. The molecule has 0 saturated carbocycles. The molecule has 2 aromatic rings. The third-order valence-corrected chi connectivity index (χ3v) is 2.52. The maximum Gasteiger partial charge on any atom is 0.573 e. The number of ether oxygens (including phenoxy) is 1. The average molecular weight is 313 g/mol. The molecular weight excluding hydrogens is 303 g/mol. The van der Waals surface area contributed by atoms with Crippen LogP contribution in [0.15, 0.2) is 30.5 Å². The van der Waals surface area contributed by atoms with Crippen LogP contribution in [0.4, 0.5) is 24.8 Å². The van der Waals surface area contributed by atoms with Crippen molar-refractivity contribution in [2.75, 3.05) is 5.32 Å². The molecule has 2 heterocycles. The zero-order valence-corrected chi connectivity index (χ0v) is 11.2. The van der Waals surface area contributed by atoms with Crippen LogP contribution in [0, 0.1) is 6.92 Å². The molecule has 0 fully saturated rings. The topological polar surface area (TPSA) is 84.3 Å². The van der Waals surface area contributed by atoms with Crippen molar-refractivity contribution in [3.8, 4) is 5.75 Å². The molecular formula is C13H10F3N3O3. The highest BCUT2D eigenvalue weighted by molar-refractivity contribution is 5.87. The molecule has 0 radical (unpaired) electrons. The van der Waals surface area contributed by atoms with Gasteiger partial charge in [-0.15, -0.1) is 13.2 Å². The number of alkyl halides is 3. The molecule has 116 valence electrons. The van der Waals surface area contributed by atoms with Crippen molar-refractivity contribution in [3.63, 3.8) is 0 Å². The molecule has 0 spiro atoms. The Morgan fingerprint density at radius 2 is 2.00 bits per heavy atom. The number of nitrogens with zero attached hydrogens (tertiary/aromatic N) is 2. The summed E-state index contributed by atoms with van der Waals surface area (Å²) in [5.74, 6) is -1.48. The summed E-state index contributed by atoms with van der Waals surface area (Å²) in [5, 5.41) is 11.6. The number of nitrogens with one attached hydrogen (secondary N) is 1. The summed E-state index contributed by atoms with van der Waals surface area (Å²) < 4.78 is 40.2. The van der Waals surface area contributed by atoms with Crippen LogP contribution in [-0.4, -0.2) is 27.4 Å². The summed E-state index contributed by atoms with van der Waals surface area (Å²) in [5.41, 5.74) is 0.299. The maximum atomic E-state index is 12.1. The molecule has 0 aliphatic heterocycles. The van der Waals surface area contributed by atoms with E-state index in [2.05, 4.69) is 20.0 Å². The Balaban J connectivity index is 2.22. The first kappa shape index (κ1) is 15.5. The van der Waals surface area contributed by atoms with E-state index >= 15 is 0 Å². The minimum atomic E-state index is -4.81. The minimum absolute atomic E-state index is 0.0365. The molecule has 2 N–H and O–H groups in total. The summed E-state index contributed by atoms with van der Waals surface area (Å²) in [7, 11) is 0. The largest absolute Gasteiger partial charge is 0.573 e. The van der Waals surface area contributed by atoms with Crippen LogP contribution in [0.2, 0.25) is 0 Å². The summed E-state index contributed by atoms with van der Waals surface area (Å²) in [6.07, 6.45) is -3.69. The SMILES string of the molecule is Cc1ccc(Nc2cc(OC(F)(F)F)ccn2)nc1C(=O)O. The Bertz CT molecular complexity index is 704. The molecule has 0 atom stereocenters. The van der Waals surface area contributed by atoms with Crippen LogP contribution in [0.25, 0.3) is 0 Å². The Hall–Kier alpha value is -2.84. The third-order valence-electron chi connectivity index (χ3n) is 2.52. The maximum absolute atomic E-state index is 12.1. The zero-order valence-electron chi connectivity index (χ0n) is 11.2. The van der Waals surface area contributed by atoms with Crippen LogP contribution in [0.5, 0.6) is 5.75 Å². The van der Waals surface area contributed by atoms with Crippen LogP contribution in [-0.2, 0) is 0 Å². The van der Waals surface area contributed by atoms with E-state index in [0.717, 1.165) is 18.3 Å². The highest BCUT2D eigenvalue weighted by Gasteiger charge is 2.31. The number of pyridine rings is 2. The number of aromatic carboxylic acids is 1. The van der Waals surface area contributed by atoms with Crippen molar-refractivity contribution < 1.29 is 27.8 Å². The number of anilines is 2. The van der Waals surface area contributed by atoms with Gasteiger partial charge in [0.25, 0.3) is 0 Å². The number of hydrogen-bond acceptors (Lipinski definition) is 5. The van der Waals surface area contributed by atoms with Crippen molar-refractivity contribution >= 4 is 17.6 Å². The Kier molecular flexibility index (Phi) is 4.15. The lowest BCUT2D eigenvalue weighted by Crippen LogP contribution is -2.17. The number of aryl methyl sites for hydroxylation is 1. The highest BCUT2D eigenvalue weighted by atomic mass is 19.4. The van der Waals surface area contributed by atoms with Crippen molar-refractivity contribution in [1.29, 1.82) is 0 Å². The van der Waals surface area contributed by atoms with Crippen LogP contribution >= 0.6 is 0 Å². The van der Waals surface area contributed by atoms with E-state index in [1.54, 1.807) is 6.92 Å². The van der Waals surface area contributed by atoms with Crippen molar-refractivity contribution in [2.24, 2.45) is 0 Å².